The molecular weight excluding hydrogens is 340 g/mol. The molecule has 2 aromatic rings. The molecule has 0 saturated carbocycles. The van der Waals surface area contributed by atoms with E-state index in [0.717, 1.165) is 5.69 Å². The highest BCUT2D eigenvalue weighted by Gasteiger charge is 2.16. The van der Waals surface area contributed by atoms with Crippen LogP contribution in [-0.2, 0) is 6.54 Å². The first-order valence-corrected chi connectivity index (χ1v) is 8.70. The molecule has 0 unspecified atom stereocenters. The molecule has 0 bridgehead atoms. The minimum Gasteiger partial charge on any atom is -0.350 e. The first kappa shape index (κ1) is 19.0. The van der Waals surface area contributed by atoms with Crippen molar-refractivity contribution in [2.75, 3.05) is 13.1 Å². The molecule has 0 saturated heterocycles. The number of halogens is 1. The Bertz CT molecular complexity index is 755. The Morgan fingerprint density at radius 3 is 2.40 bits per heavy atom. The van der Waals surface area contributed by atoms with Crippen molar-refractivity contribution in [3.8, 4) is 0 Å². The van der Waals surface area contributed by atoms with Crippen molar-refractivity contribution in [3.05, 3.63) is 52.3 Å². The van der Waals surface area contributed by atoms with E-state index < -0.39 is 0 Å². The summed E-state index contributed by atoms with van der Waals surface area (Å²) in [5, 5.41) is 10.4. The average Bonchev–Trinajstić information content (AvgIpc) is 3.03. The molecular formula is C18H23ClN4O2. The van der Waals surface area contributed by atoms with Gasteiger partial charge in [0.1, 0.15) is 5.69 Å². The molecule has 0 radical (unpaired) electrons. The van der Waals surface area contributed by atoms with Crippen LogP contribution in [0.4, 0.5) is 0 Å². The molecule has 134 valence electrons. The van der Waals surface area contributed by atoms with E-state index in [1.54, 1.807) is 28.9 Å². The molecule has 0 spiro atoms. The largest absolute Gasteiger partial charge is 0.350 e. The van der Waals surface area contributed by atoms with Crippen LogP contribution < -0.4 is 10.6 Å². The zero-order chi connectivity index (χ0) is 18.4. The maximum Gasteiger partial charge on any atom is 0.269 e. The number of carbonyl (C=O) groups excluding carboxylic acids is 2. The van der Waals surface area contributed by atoms with Crippen molar-refractivity contribution in [1.82, 2.24) is 20.4 Å². The molecule has 0 aliphatic carbocycles. The second-order valence-corrected chi connectivity index (χ2v) is 6.32. The number of carbonyl (C=O) groups is 2. The van der Waals surface area contributed by atoms with Gasteiger partial charge in [-0.25, -0.2) is 0 Å². The molecule has 6 nitrogen and oxygen atoms in total. The number of hydrogen-bond acceptors (Lipinski definition) is 3. The molecule has 0 atom stereocenters. The van der Waals surface area contributed by atoms with Crippen molar-refractivity contribution in [2.45, 2.75) is 33.2 Å². The number of nitrogens with zero attached hydrogens (tertiary/aromatic N) is 2. The lowest BCUT2D eigenvalue weighted by Gasteiger charge is -2.08. The third-order valence-electron chi connectivity index (χ3n) is 3.74. The lowest BCUT2D eigenvalue weighted by molar-refractivity contribution is 0.0922. The number of aryl methyl sites for hydroxylation is 1. The minimum absolute atomic E-state index is 0.201. The highest BCUT2D eigenvalue weighted by molar-refractivity contribution is 6.33. The number of benzene rings is 1. The van der Waals surface area contributed by atoms with Crippen LogP contribution >= 0.6 is 11.6 Å². The van der Waals surface area contributed by atoms with E-state index in [4.69, 9.17) is 11.6 Å². The number of aromatic nitrogens is 2. The van der Waals surface area contributed by atoms with Gasteiger partial charge in [-0.3, -0.25) is 14.3 Å². The predicted molar refractivity (Wildman–Crippen MR) is 98.1 cm³/mol. The van der Waals surface area contributed by atoms with E-state index in [0.29, 0.717) is 35.9 Å². The van der Waals surface area contributed by atoms with Gasteiger partial charge in [0.15, 0.2) is 0 Å². The zero-order valence-corrected chi connectivity index (χ0v) is 15.4. The molecule has 7 heteroatoms. The molecule has 1 heterocycles. The lowest BCUT2D eigenvalue weighted by atomic mass is 10.1. The van der Waals surface area contributed by atoms with Crippen LogP contribution in [0.2, 0.25) is 5.02 Å². The van der Waals surface area contributed by atoms with Crippen molar-refractivity contribution in [2.24, 2.45) is 0 Å². The topological polar surface area (TPSA) is 76.0 Å². The van der Waals surface area contributed by atoms with Gasteiger partial charge in [-0.15, -0.1) is 0 Å². The fourth-order valence-electron chi connectivity index (χ4n) is 2.33. The van der Waals surface area contributed by atoms with Crippen molar-refractivity contribution >= 4 is 23.4 Å². The predicted octanol–water partition coefficient (Wildman–Crippen LogP) is 2.84. The van der Waals surface area contributed by atoms with Crippen LogP contribution in [0.5, 0.6) is 0 Å². The molecule has 25 heavy (non-hydrogen) atoms. The molecule has 0 aliphatic rings. The lowest BCUT2D eigenvalue weighted by Crippen LogP contribution is -2.35. The van der Waals surface area contributed by atoms with Gasteiger partial charge in [-0.2, -0.15) is 5.10 Å². The van der Waals surface area contributed by atoms with E-state index in [1.165, 1.54) is 0 Å². The quantitative estimate of drug-likeness (QED) is 0.743. The van der Waals surface area contributed by atoms with Crippen molar-refractivity contribution < 1.29 is 9.59 Å². The SMILES string of the molecule is CCn1nc(C(C)C)cc1C(=O)NCCNC(=O)c1ccccc1Cl. The van der Waals surface area contributed by atoms with E-state index in [1.807, 2.05) is 26.8 Å². The fraction of sp³-hybridized carbons (Fsp3) is 0.389. The van der Waals surface area contributed by atoms with Crippen LogP contribution in [0.1, 0.15) is 53.2 Å². The summed E-state index contributed by atoms with van der Waals surface area (Å²) in [5.74, 6) is -0.206. The second kappa shape index (κ2) is 8.67. The van der Waals surface area contributed by atoms with E-state index >= 15 is 0 Å². The molecule has 0 aliphatic heterocycles. The van der Waals surface area contributed by atoms with Gasteiger partial charge in [0.25, 0.3) is 11.8 Å². The summed E-state index contributed by atoms with van der Waals surface area (Å²) in [6, 6.07) is 8.65. The summed E-state index contributed by atoms with van der Waals surface area (Å²) in [4.78, 5) is 24.4. The van der Waals surface area contributed by atoms with Crippen LogP contribution in [0.15, 0.2) is 30.3 Å². The van der Waals surface area contributed by atoms with Gasteiger partial charge in [-0.05, 0) is 31.0 Å². The molecule has 1 aromatic heterocycles. The second-order valence-electron chi connectivity index (χ2n) is 5.92. The van der Waals surface area contributed by atoms with Crippen LogP contribution in [0.3, 0.4) is 0 Å². The summed E-state index contributed by atoms with van der Waals surface area (Å²) in [5.41, 5.74) is 1.84. The average molecular weight is 363 g/mol. The molecule has 0 fully saturated rings. The highest BCUT2D eigenvalue weighted by atomic mass is 35.5. The van der Waals surface area contributed by atoms with Crippen LogP contribution in [0.25, 0.3) is 0 Å². The first-order chi connectivity index (χ1) is 11.9. The fourth-order valence-corrected chi connectivity index (χ4v) is 2.55. The van der Waals surface area contributed by atoms with Gasteiger partial charge in [0.05, 0.1) is 16.3 Å². The van der Waals surface area contributed by atoms with Gasteiger partial charge in [0, 0.05) is 19.6 Å². The molecule has 2 N–H and O–H groups in total. The van der Waals surface area contributed by atoms with Gasteiger partial charge in [0.2, 0.25) is 0 Å². The maximum atomic E-state index is 12.3. The first-order valence-electron chi connectivity index (χ1n) is 8.32. The third kappa shape index (κ3) is 4.82. The minimum atomic E-state index is -0.263. The summed E-state index contributed by atoms with van der Waals surface area (Å²) < 4.78 is 1.69. The standard InChI is InChI=1S/C18H23ClN4O2/c1-4-23-16(11-15(22-23)12(2)3)18(25)21-10-9-20-17(24)13-7-5-6-8-14(13)19/h5-8,11-12H,4,9-10H2,1-3H3,(H,20,24)(H,21,25). The summed E-state index contributed by atoms with van der Waals surface area (Å²) in [6.07, 6.45) is 0. The summed E-state index contributed by atoms with van der Waals surface area (Å²) in [6.45, 7) is 7.27. The number of hydrogen-bond donors (Lipinski definition) is 2. The van der Waals surface area contributed by atoms with Gasteiger partial charge >= 0.3 is 0 Å². The monoisotopic (exact) mass is 362 g/mol. The Balaban J connectivity index is 1.87. The summed E-state index contributed by atoms with van der Waals surface area (Å²) >= 11 is 5.98. The number of nitrogens with one attached hydrogen (secondary N) is 2. The van der Waals surface area contributed by atoms with Gasteiger partial charge < -0.3 is 10.6 Å². The Hall–Kier alpha value is -2.34. The molecule has 2 amide bonds. The number of amides is 2. The van der Waals surface area contributed by atoms with Crippen LogP contribution in [0, 0.1) is 0 Å². The van der Waals surface area contributed by atoms with E-state index in [2.05, 4.69) is 15.7 Å². The van der Waals surface area contributed by atoms with Crippen LogP contribution in [-0.4, -0.2) is 34.7 Å². The Labute approximate surface area is 152 Å². The zero-order valence-electron chi connectivity index (χ0n) is 14.7. The van der Waals surface area contributed by atoms with Crippen molar-refractivity contribution in [3.63, 3.8) is 0 Å². The smallest absolute Gasteiger partial charge is 0.269 e. The normalized spacial score (nSPS) is 10.8. The van der Waals surface area contributed by atoms with E-state index in [-0.39, 0.29) is 17.7 Å². The Morgan fingerprint density at radius 1 is 1.16 bits per heavy atom. The Kier molecular flexibility index (Phi) is 6.58. The summed E-state index contributed by atoms with van der Waals surface area (Å²) in [7, 11) is 0. The highest BCUT2D eigenvalue weighted by Crippen LogP contribution is 2.15. The number of rotatable bonds is 7. The van der Waals surface area contributed by atoms with Gasteiger partial charge in [-0.1, -0.05) is 37.6 Å². The molecule has 1 aromatic carbocycles. The van der Waals surface area contributed by atoms with Crippen molar-refractivity contribution in [1.29, 1.82) is 0 Å². The molecule has 2 rings (SSSR count). The maximum absolute atomic E-state index is 12.3. The third-order valence-corrected chi connectivity index (χ3v) is 4.07. The van der Waals surface area contributed by atoms with E-state index in [9.17, 15) is 9.59 Å². The Morgan fingerprint density at radius 2 is 1.80 bits per heavy atom.